The molecular formula is C19H21FN2O2. The molecule has 1 N–H and O–H groups in total. The molecule has 126 valence electrons. The van der Waals surface area contributed by atoms with Crippen LogP contribution in [0, 0.1) is 5.82 Å². The zero-order chi connectivity index (χ0) is 16.4. The standard InChI is InChI=1S/C19H21FN2O2/c20-14-6-7-15(13-4-5-13)17(11-14)24-19(16-3-1-2-8-22-16)18-12-21-9-10-23-18/h1-3,6-8,11,13,18-19,21H,4-5,9-10,12H2. The van der Waals surface area contributed by atoms with Crippen molar-refractivity contribution in [1.82, 2.24) is 10.3 Å². The van der Waals surface area contributed by atoms with Crippen LogP contribution in [0.1, 0.15) is 36.1 Å². The lowest BCUT2D eigenvalue weighted by Gasteiger charge is -2.31. The molecule has 2 atom stereocenters. The fourth-order valence-corrected chi connectivity index (χ4v) is 3.13. The fraction of sp³-hybridized carbons (Fsp3) is 0.421. The van der Waals surface area contributed by atoms with Crippen molar-refractivity contribution in [2.45, 2.75) is 31.0 Å². The van der Waals surface area contributed by atoms with Crippen LogP contribution >= 0.6 is 0 Å². The summed E-state index contributed by atoms with van der Waals surface area (Å²) in [5.41, 5.74) is 1.89. The van der Waals surface area contributed by atoms with Crippen molar-refractivity contribution >= 4 is 0 Å². The van der Waals surface area contributed by atoms with Crippen LogP contribution in [0.5, 0.6) is 5.75 Å². The van der Waals surface area contributed by atoms with Gasteiger partial charge in [0.05, 0.1) is 12.3 Å². The number of benzene rings is 1. The Morgan fingerprint density at radius 2 is 2.17 bits per heavy atom. The first-order valence-corrected chi connectivity index (χ1v) is 8.50. The molecule has 0 amide bonds. The molecule has 24 heavy (non-hydrogen) atoms. The number of hydrogen-bond donors (Lipinski definition) is 1. The van der Waals surface area contributed by atoms with E-state index in [-0.39, 0.29) is 18.0 Å². The van der Waals surface area contributed by atoms with E-state index in [0.717, 1.165) is 30.6 Å². The van der Waals surface area contributed by atoms with Crippen LogP contribution < -0.4 is 10.1 Å². The van der Waals surface area contributed by atoms with Crippen molar-refractivity contribution in [3.05, 3.63) is 59.7 Å². The molecule has 1 saturated carbocycles. The van der Waals surface area contributed by atoms with Crippen molar-refractivity contribution in [3.8, 4) is 5.75 Å². The number of halogens is 1. The molecule has 5 heteroatoms. The summed E-state index contributed by atoms with van der Waals surface area (Å²) >= 11 is 0. The Kier molecular flexibility index (Phi) is 4.45. The van der Waals surface area contributed by atoms with Crippen molar-refractivity contribution in [2.75, 3.05) is 19.7 Å². The maximum Gasteiger partial charge on any atom is 0.168 e. The lowest BCUT2D eigenvalue weighted by Crippen LogP contribution is -2.43. The lowest BCUT2D eigenvalue weighted by atomic mass is 10.1. The molecule has 2 heterocycles. The van der Waals surface area contributed by atoms with Gasteiger partial charge in [-0.25, -0.2) is 4.39 Å². The number of nitrogens with zero attached hydrogens (tertiary/aromatic N) is 1. The Hall–Kier alpha value is -1.98. The van der Waals surface area contributed by atoms with Gasteiger partial charge in [0.1, 0.15) is 17.7 Å². The Balaban J connectivity index is 1.65. The number of aromatic nitrogens is 1. The molecule has 1 aromatic heterocycles. The molecule has 0 spiro atoms. The maximum absolute atomic E-state index is 13.8. The first kappa shape index (κ1) is 15.5. The van der Waals surface area contributed by atoms with E-state index >= 15 is 0 Å². The number of rotatable bonds is 5. The van der Waals surface area contributed by atoms with Crippen LogP contribution in [0.2, 0.25) is 0 Å². The van der Waals surface area contributed by atoms with E-state index in [2.05, 4.69) is 10.3 Å². The van der Waals surface area contributed by atoms with Gasteiger partial charge < -0.3 is 14.8 Å². The summed E-state index contributed by atoms with van der Waals surface area (Å²) in [6, 6.07) is 10.6. The quantitative estimate of drug-likeness (QED) is 0.915. The highest BCUT2D eigenvalue weighted by Gasteiger charge is 2.32. The molecule has 4 rings (SSSR count). The first-order chi connectivity index (χ1) is 11.8. The normalized spacial score (nSPS) is 22.1. The summed E-state index contributed by atoms with van der Waals surface area (Å²) in [6.45, 7) is 2.16. The minimum Gasteiger partial charge on any atom is -0.481 e. The largest absolute Gasteiger partial charge is 0.481 e. The van der Waals surface area contributed by atoms with Crippen LogP contribution in [0.4, 0.5) is 4.39 Å². The van der Waals surface area contributed by atoms with E-state index < -0.39 is 0 Å². The first-order valence-electron chi connectivity index (χ1n) is 8.50. The van der Waals surface area contributed by atoms with Crippen LogP contribution in [-0.2, 0) is 4.74 Å². The summed E-state index contributed by atoms with van der Waals surface area (Å²) in [5, 5.41) is 3.33. The molecule has 2 aliphatic rings. The van der Waals surface area contributed by atoms with Crippen molar-refractivity contribution in [2.24, 2.45) is 0 Å². The van der Waals surface area contributed by atoms with Gasteiger partial charge in [0.25, 0.3) is 0 Å². The second-order valence-corrected chi connectivity index (χ2v) is 6.36. The van der Waals surface area contributed by atoms with Gasteiger partial charge >= 0.3 is 0 Å². The highest BCUT2D eigenvalue weighted by atomic mass is 19.1. The topological polar surface area (TPSA) is 43.4 Å². The van der Waals surface area contributed by atoms with E-state index in [4.69, 9.17) is 9.47 Å². The minimum atomic E-state index is -0.363. The molecule has 2 fully saturated rings. The van der Waals surface area contributed by atoms with Gasteiger partial charge in [0.15, 0.2) is 6.10 Å². The van der Waals surface area contributed by atoms with E-state index in [1.807, 2.05) is 24.3 Å². The average molecular weight is 328 g/mol. The molecule has 1 aliphatic carbocycles. The van der Waals surface area contributed by atoms with Crippen molar-refractivity contribution < 1.29 is 13.9 Å². The second kappa shape index (κ2) is 6.87. The predicted octanol–water partition coefficient (Wildman–Crippen LogP) is 3.21. The molecule has 2 aromatic rings. The highest BCUT2D eigenvalue weighted by molar-refractivity contribution is 5.39. The monoisotopic (exact) mass is 328 g/mol. The van der Waals surface area contributed by atoms with Gasteiger partial charge in [-0.1, -0.05) is 12.1 Å². The maximum atomic E-state index is 13.8. The Labute approximate surface area is 141 Å². The van der Waals surface area contributed by atoms with Gasteiger partial charge in [-0.15, -0.1) is 0 Å². The van der Waals surface area contributed by atoms with Crippen LogP contribution in [0.3, 0.4) is 0 Å². The van der Waals surface area contributed by atoms with Gasteiger partial charge in [0.2, 0.25) is 0 Å². The molecule has 1 saturated heterocycles. The van der Waals surface area contributed by atoms with Gasteiger partial charge in [-0.2, -0.15) is 0 Å². The zero-order valence-electron chi connectivity index (χ0n) is 13.5. The number of pyridine rings is 1. The molecule has 0 radical (unpaired) electrons. The third-order valence-electron chi connectivity index (χ3n) is 4.52. The third kappa shape index (κ3) is 3.42. The van der Waals surface area contributed by atoms with Crippen molar-refractivity contribution in [1.29, 1.82) is 0 Å². The third-order valence-corrected chi connectivity index (χ3v) is 4.52. The van der Waals surface area contributed by atoms with Gasteiger partial charge in [-0.05, 0) is 42.5 Å². The zero-order valence-corrected chi connectivity index (χ0v) is 13.5. The van der Waals surface area contributed by atoms with E-state index in [0.29, 0.717) is 24.8 Å². The number of nitrogens with one attached hydrogen (secondary N) is 1. The number of ether oxygens (including phenoxy) is 2. The Bertz CT molecular complexity index is 685. The van der Waals surface area contributed by atoms with Crippen LogP contribution in [-0.4, -0.2) is 30.8 Å². The summed E-state index contributed by atoms with van der Waals surface area (Å²) in [5.74, 6) is 0.814. The van der Waals surface area contributed by atoms with Crippen LogP contribution in [0.15, 0.2) is 42.6 Å². The number of hydrogen-bond acceptors (Lipinski definition) is 4. The highest BCUT2D eigenvalue weighted by Crippen LogP contribution is 2.45. The van der Waals surface area contributed by atoms with E-state index in [1.165, 1.54) is 12.1 Å². The molecule has 0 bridgehead atoms. The summed E-state index contributed by atoms with van der Waals surface area (Å²) in [4.78, 5) is 4.44. The smallest absolute Gasteiger partial charge is 0.168 e. The Morgan fingerprint density at radius 1 is 1.25 bits per heavy atom. The minimum absolute atomic E-state index is 0.149. The summed E-state index contributed by atoms with van der Waals surface area (Å²) < 4.78 is 26.0. The predicted molar refractivity (Wildman–Crippen MR) is 88.6 cm³/mol. The summed E-state index contributed by atoms with van der Waals surface area (Å²) in [6.07, 6.45) is 3.51. The Morgan fingerprint density at radius 3 is 2.88 bits per heavy atom. The summed E-state index contributed by atoms with van der Waals surface area (Å²) in [7, 11) is 0. The molecular weight excluding hydrogens is 307 g/mol. The number of morpholine rings is 1. The molecule has 1 aromatic carbocycles. The fourth-order valence-electron chi connectivity index (χ4n) is 3.13. The SMILES string of the molecule is Fc1ccc(C2CC2)c(OC(c2ccccn2)C2CNCCO2)c1. The molecule has 2 unspecified atom stereocenters. The lowest BCUT2D eigenvalue weighted by molar-refractivity contribution is -0.0450. The van der Waals surface area contributed by atoms with E-state index in [1.54, 1.807) is 6.20 Å². The van der Waals surface area contributed by atoms with Crippen molar-refractivity contribution in [3.63, 3.8) is 0 Å². The average Bonchev–Trinajstić information content (AvgIpc) is 3.46. The molecule has 1 aliphatic heterocycles. The van der Waals surface area contributed by atoms with Crippen LogP contribution in [0.25, 0.3) is 0 Å². The second-order valence-electron chi connectivity index (χ2n) is 6.36. The van der Waals surface area contributed by atoms with E-state index in [9.17, 15) is 4.39 Å². The van der Waals surface area contributed by atoms with Gasteiger partial charge in [-0.3, -0.25) is 4.98 Å². The molecule has 4 nitrogen and oxygen atoms in total. The van der Waals surface area contributed by atoms with Gasteiger partial charge in [0, 0.05) is 25.4 Å².